The van der Waals surface area contributed by atoms with Crippen molar-refractivity contribution < 1.29 is 0 Å². The summed E-state index contributed by atoms with van der Waals surface area (Å²) in [5, 5.41) is 4.67. The van der Waals surface area contributed by atoms with Gasteiger partial charge < -0.3 is 0 Å². The largest absolute Gasteiger partial charge is 0.241 e. The Hall–Kier alpha value is -1.29. The van der Waals surface area contributed by atoms with E-state index in [4.69, 9.17) is 23.2 Å². The number of alkyl halides is 1. The van der Waals surface area contributed by atoms with Crippen molar-refractivity contribution in [1.29, 1.82) is 0 Å². The average Bonchev–Trinajstić information content (AvgIpc) is 2.97. The van der Waals surface area contributed by atoms with Crippen LogP contribution in [0.1, 0.15) is 16.5 Å². The van der Waals surface area contributed by atoms with E-state index in [0.717, 1.165) is 21.3 Å². The van der Waals surface area contributed by atoms with Crippen molar-refractivity contribution in [3.63, 3.8) is 0 Å². The second kappa shape index (κ2) is 6.22. The molecule has 1 aromatic heterocycles. The molecule has 5 heteroatoms. The molecule has 3 aromatic rings. The first-order chi connectivity index (χ1) is 10.1. The number of nitrogens with zero attached hydrogens (tertiary/aromatic N) is 2. The van der Waals surface area contributed by atoms with E-state index in [1.807, 2.05) is 54.7 Å². The van der Waals surface area contributed by atoms with Crippen LogP contribution in [0.3, 0.4) is 0 Å². The van der Waals surface area contributed by atoms with Crippen molar-refractivity contribution in [2.45, 2.75) is 5.38 Å². The number of para-hydroxylation sites is 1. The van der Waals surface area contributed by atoms with E-state index in [9.17, 15) is 0 Å². The molecule has 1 heterocycles. The van der Waals surface area contributed by atoms with Crippen LogP contribution in [0.5, 0.6) is 0 Å². The Morgan fingerprint density at radius 3 is 2.57 bits per heavy atom. The zero-order valence-electron chi connectivity index (χ0n) is 10.9. The summed E-state index contributed by atoms with van der Waals surface area (Å²) in [6.07, 6.45) is 3.69. The lowest BCUT2D eigenvalue weighted by Gasteiger charge is -2.10. The Kier molecular flexibility index (Phi) is 4.34. The minimum Gasteiger partial charge on any atom is -0.241 e. The monoisotopic (exact) mass is 380 g/mol. The van der Waals surface area contributed by atoms with Gasteiger partial charge in [-0.3, -0.25) is 0 Å². The third-order valence-corrected chi connectivity index (χ3v) is 4.46. The zero-order valence-corrected chi connectivity index (χ0v) is 14.0. The van der Waals surface area contributed by atoms with E-state index in [0.29, 0.717) is 5.02 Å². The minimum absolute atomic E-state index is 0.330. The third kappa shape index (κ3) is 3.15. The minimum atomic E-state index is -0.330. The van der Waals surface area contributed by atoms with Gasteiger partial charge in [0.15, 0.2) is 0 Å². The van der Waals surface area contributed by atoms with Crippen molar-refractivity contribution >= 4 is 39.1 Å². The number of hydrogen-bond acceptors (Lipinski definition) is 1. The normalized spacial score (nSPS) is 12.3. The van der Waals surface area contributed by atoms with Gasteiger partial charge in [0.05, 0.1) is 17.3 Å². The van der Waals surface area contributed by atoms with Crippen LogP contribution < -0.4 is 0 Å². The maximum absolute atomic E-state index is 6.54. The van der Waals surface area contributed by atoms with E-state index in [2.05, 4.69) is 21.0 Å². The first-order valence-electron chi connectivity index (χ1n) is 6.34. The Morgan fingerprint density at radius 1 is 1.10 bits per heavy atom. The molecule has 0 saturated carbocycles. The highest BCUT2D eigenvalue weighted by atomic mass is 79.9. The molecular weight excluding hydrogens is 371 g/mol. The highest BCUT2D eigenvalue weighted by Gasteiger charge is 2.16. The molecule has 1 atom stereocenters. The second-order valence-corrected chi connectivity index (χ2v) is 6.34. The number of halogens is 3. The zero-order chi connectivity index (χ0) is 14.8. The van der Waals surface area contributed by atoms with Gasteiger partial charge in [0.1, 0.15) is 0 Å². The third-order valence-electron chi connectivity index (χ3n) is 3.15. The number of benzene rings is 2. The summed E-state index contributed by atoms with van der Waals surface area (Å²) >= 11 is 16.2. The molecule has 106 valence electrons. The molecule has 0 aliphatic carbocycles. The van der Waals surface area contributed by atoms with Crippen LogP contribution in [-0.4, -0.2) is 9.78 Å². The van der Waals surface area contributed by atoms with Crippen LogP contribution in [-0.2, 0) is 0 Å². The molecule has 0 N–H and O–H groups in total. The highest BCUT2D eigenvalue weighted by Crippen LogP contribution is 2.35. The van der Waals surface area contributed by atoms with E-state index < -0.39 is 0 Å². The number of hydrogen-bond donors (Lipinski definition) is 0. The maximum atomic E-state index is 6.54. The molecule has 0 radical (unpaired) electrons. The van der Waals surface area contributed by atoms with Gasteiger partial charge in [-0.2, -0.15) is 5.10 Å². The molecule has 21 heavy (non-hydrogen) atoms. The fraction of sp³-hybridized carbons (Fsp3) is 0.0625. The lowest BCUT2D eigenvalue weighted by molar-refractivity contribution is 0.880. The maximum Gasteiger partial charge on any atom is 0.0880 e. The van der Waals surface area contributed by atoms with Crippen molar-refractivity contribution in [3.8, 4) is 5.69 Å². The lowest BCUT2D eigenvalue weighted by Crippen LogP contribution is -1.95. The predicted octanol–water partition coefficient (Wildman–Crippen LogP) is 5.62. The quantitative estimate of drug-likeness (QED) is 0.538. The molecule has 2 nitrogen and oxygen atoms in total. The molecule has 0 aliphatic rings. The van der Waals surface area contributed by atoms with Crippen LogP contribution in [0.2, 0.25) is 5.02 Å². The molecule has 0 aliphatic heterocycles. The molecular formula is C16H11BrCl2N2. The van der Waals surface area contributed by atoms with E-state index in [1.54, 1.807) is 10.9 Å². The summed E-state index contributed by atoms with van der Waals surface area (Å²) in [6.45, 7) is 0. The van der Waals surface area contributed by atoms with E-state index in [-0.39, 0.29) is 5.38 Å². The summed E-state index contributed by atoms with van der Waals surface area (Å²) in [5.74, 6) is 0. The van der Waals surface area contributed by atoms with Gasteiger partial charge in [0.2, 0.25) is 0 Å². The molecule has 3 rings (SSSR count). The standard InChI is InChI=1S/C16H11BrCl2N2/c17-12-6-7-14(15(18)8-12)16(19)11-9-20-21(10-11)13-4-2-1-3-5-13/h1-10,16H. The summed E-state index contributed by atoms with van der Waals surface area (Å²) in [7, 11) is 0. The molecule has 0 bridgehead atoms. The van der Waals surface area contributed by atoms with Gasteiger partial charge in [-0.25, -0.2) is 4.68 Å². The Bertz CT molecular complexity index is 756. The van der Waals surface area contributed by atoms with Crippen LogP contribution in [0.15, 0.2) is 65.4 Å². The second-order valence-electron chi connectivity index (χ2n) is 4.58. The predicted molar refractivity (Wildman–Crippen MR) is 90.4 cm³/mol. The Balaban J connectivity index is 1.92. The number of aromatic nitrogens is 2. The van der Waals surface area contributed by atoms with Crippen molar-refractivity contribution in [2.24, 2.45) is 0 Å². The van der Waals surface area contributed by atoms with Gasteiger partial charge in [0, 0.05) is 21.3 Å². The molecule has 0 saturated heterocycles. The summed E-state index contributed by atoms with van der Waals surface area (Å²) in [4.78, 5) is 0. The first kappa shape index (κ1) is 14.6. The fourth-order valence-corrected chi connectivity index (χ4v) is 3.22. The van der Waals surface area contributed by atoms with E-state index in [1.165, 1.54) is 0 Å². The Morgan fingerprint density at radius 2 is 1.86 bits per heavy atom. The van der Waals surface area contributed by atoms with Crippen LogP contribution >= 0.6 is 39.1 Å². The van der Waals surface area contributed by atoms with Crippen molar-refractivity contribution in [2.75, 3.05) is 0 Å². The highest BCUT2D eigenvalue weighted by molar-refractivity contribution is 9.10. The molecule has 1 unspecified atom stereocenters. The van der Waals surface area contributed by atoms with Gasteiger partial charge in [0.25, 0.3) is 0 Å². The SMILES string of the molecule is Clc1cc(Br)ccc1C(Cl)c1cnn(-c2ccccc2)c1. The molecule has 0 spiro atoms. The van der Waals surface area contributed by atoms with Gasteiger partial charge in [-0.15, -0.1) is 11.6 Å². The fourth-order valence-electron chi connectivity index (χ4n) is 2.08. The summed E-state index contributed by atoms with van der Waals surface area (Å²) < 4.78 is 2.73. The lowest BCUT2D eigenvalue weighted by atomic mass is 10.1. The molecule has 0 fully saturated rings. The van der Waals surface area contributed by atoms with Crippen molar-refractivity contribution in [1.82, 2.24) is 9.78 Å². The van der Waals surface area contributed by atoms with E-state index >= 15 is 0 Å². The van der Waals surface area contributed by atoms with Gasteiger partial charge in [-0.05, 0) is 29.8 Å². The summed E-state index contributed by atoms with van der Waals surface area (Å²) in [6, 6.07) is 15.6. The van der Waals surface area contributed by atoms with Crippen LogP contribution in [0.4, 0.5) is 0 Å². The van der Waals surface area contributed by atoms with Gasteiger partial charge in [-0.1, -0.05) is 51.8 Å². The number of rotatable bonds is 3. The first-order valence-corrected chi connectivity index (χ1v) is 7.95. The molecule has 0 amide bonds. The van der Waals surface area contributed by atoms with Crippen LogP contribution in [0, 0.1) is 0 Å². The topological polar surface area (TPSA) is 17.8 Å². The Labute approximate surface area is 141 Å². The summed E-state index contributed by atoms with van der Waals surface area (Å²) in [5.41, 5.74) is 2.77. The van der Waals surface area contributed by atoms with Crippen LogP contribution in [0.25, 0.3) is 5.69 Å². The average molecular weight is 382 g/mol. The smallest absolute Gasteiger partial charge is 0.0880 e. The van der Waals surface area contributed by atoms with Crippen molar-refractivity contribution in [3.05, 3.63) is 81.5 Å². The van der Waals surface area contributed by atoms with Gasteiger partial charge >= 0.3 is 0 Å². The molecule has 2 aromatic carbocycles.